The first-order valence-electron chi connectivity index (χ1n) is 11.7. The summed E-state index contributed by atoms with van der Waals surface area (Å²) in [6.45, 7) is 8.31. The van der Waals surface area contributed by atoms with Gasteiger partial charge in [-0.1, -0.05) is 26.0 Å². The molecule has 1 N–H and O–H groups in total. The summed E-state index contributed by atoms with van der Waals surface area (Å²) in [6, 6.07) is 9.91. The maximum Gasteiger partial charge on any atom is 0.268 e. The molecule has 2 atom stereocenters. The molecule has 2 aliphatic heterocycles. The van der Waals surface area contributed by atoms with Crippen LogP contribution in [0.3, 0.4) is 0 Å². The Labute approximate surface area is 190 Å². The van der Waals surface area contributed by atoms with Crippen LogP contribution in [0, 0.1) is 12.3 Å². The lowest BCUT2D eigenvalue weighted by Crippen LogP contribution is -2.62. The van der Waals surface area contributed by atoms with E-state index in [0.29, 0.717) is 24.6 Å². The van der Waals surface area contributed by atoms with Gasteiger partial charge < -0.3 is 14.9 Å². The quantitative estimate of drug-likeness (QED) is 0.798. The number of piperidine rings is 2. The molecule has 2 saturated heterocycles. The van der Waals surface area contributed by atoms with Crippen LogP contribution in [-0.2, 0) is 0 Å². The number of hydrogen-bond acceptors (Lipinski definition) is 4. The van der Waals surface area contributed by atoms with Crippen LogP contribution in [0.5, 0.6) is 0 Å². The Hall–Kier alpha value is -2.44. The number of pyridine rings is 1. The molecule has 2 fully saturated rings. The van der Waals surface area contributed by atoms with E-state index >= 15 is 0 Å². The number of likely N-dealkylation sites (tertiary alicyclic amines) is 2. The van der Waals surface area contributed by atoms with Crippen LogP contribution in [0.1, 0.15) is 60.5 Å². The summed E-state index contributed by atoms with van der Waals surface area (Å²) in [6.07, 6.45) is 4.58. The number of carbonyl (C=O) groups is 1. The third-order valence-electron chi connectivity index (χ3n) is 7.63. The average molecular weight is 438 g/mol. The third-order valence-corrected chi connectivity index (χ3v) is 7.63. The van der Waals surface area contributed by atoms with E-state index in [1.54, 1.807) is 10.8 Å². The van der Waals surface area contributed by atoms with Gasteiger partial charge in [0.25, 0.3) is 11.5 Å². The highest BCUT2D eigenvalue weighted by Gasteiger charge is 2.47. The summed E-state index contributed by atoms with van der Waals surface area (Å²) >= 11 is 0. The monoisotopic (exact) mass is 437 g/mol. The van der Waals surface area contributed by atoms with Crippen molar-refractivity contribution in [2.45, 2.75) is 52.0 Å². The van der Waals surface area contributed by atoms with Crippen LogP contribution in [0.15, 0.2) is 41.3 Å². The molecule has 1 aromatic heterocycles. The molecule has 32 heavy (non-hydrogen) atoms. The average Bonchev–Trinajstić information content (AvgIpc) is 2.79. The number of aromatic nitrogens is 1. The minimum Gasteiger partial charge on any atom is -0.396 e. The molecular weight excluding hydrogens is 402 g/mol. The van der Waals surface area contributed by atoms with E-state index in [1.807, 2.05) is 36.1 Å². The number of amides is 1. The predicted octanol–water partition coefficient (Wildman–Crippen LogP) is 3.19. The molecule has 172 valence electrons. The van der Waals surface area contributed by atoms with Crippen molar-refractivity contribution in [2.24, 2.45) is 5.41 Å². The third kappa shape index (κ3) is 3.90. The van der Waals surface area contributed by atoms with E-state index in [9.17, 15) is 14.7 Å². The first kappa shape index (κ1) is 22.7. The van der Waals surface area contributed by atoms with Crippen molar-refractivity contribution in [1.82, 2.24) is 14.4 Å². The van der Waals surface area contributed by atoms with Crippen LogP contribution in [0.25, 0.3) is 5.69 Å². The fourth-order valence-corrected chi connectivity index (χ4v) is 5.48. The molecule has 0 unspecified atom stereocenters. The Morgan fingerprint density at radius 3 is 2.72 bits per heavy atom. The Kier molecular flexibility index (Phi) is 6.28. The van der Waals surface area contributed by atoms with Gasteiger partial charge in [-0.2, -0.15) is 0 Å². The summed E-state index contributed by atoms with van der Waals surface area (Å²) in [5, 5.41) is 10.2. The standard InChI is InChI=1S/C26H35N3O3/c1-18(2)20-7-5-8-21(15-20)29-13-9-19(3)23(25(29)32)24(31)28-14-11-26(17-30)10-6-12-27(4)22(26)16-28/h5,7-9,13,15,18,22,30H,6,10-12,14,16-17H2,1-4H3/t22-,26-/m1/s1. The second-order valence-corrected chi connectivity index (χ2v) is 9.92. The molecule has 6 nitrogen and oxygen atoms in total. The van der Waals surface area contributed by atoms with E-state index in [1.165, 1.54) is 0 Å². The van der Waals surface area contributed by atoms with E-state index in [4.69, 9.17) is 0 Å². The fourth-order valence-electron chi connectivity index (χ4n) is 5.48. The lowest BCUT2D eigenvalue weighted by atomic mass is 9.69. The Morgan fingerprint density at radius 2 is 2.00 bits per heavy atom. The highest BCUT2D eigenvalue weighted by atomic mass is 16.3. The lowest BCUT2D eigenvalue weighted by molar-refractivity contribution is -0.0601. The van der Waals surface area contributed by atoms with Crippen LogP contribution in [0.2, 0.25) is 0 Å². The molecule has 4 rings (SSSR count). The largest absolute Gasteiger partial charge is 0.396 e. The zero-order valence-corrected chi connectivity index (χ0v) is 19.7. The highest BCUT2D eigenvalue weighted by Crippen LogP contribution is 2.41. The summed E-state index contributed by atoms with van der Waals surface area (Å²) in [5.41, 5.74) is 2.46. The summed E-state index contributed by atoms with van der Waals surface area (Å²) in [5.74, 6) is 0.150. The highest BCUT2D eigenvalue weighted by molar-refractivity contribution is 5.95. The smallest absolute Gasteiger partial charge is 0.268 e. The molecular formula is C26H35N3O3. The number of hydrogen-bond donors (Lipinski definition) is 1. The molecule has 0 bridgehead atoms. The van der Waals surface area contributed by atoms with Crippen molar-refractivity contribution in [2.75, 3.05) is 33.3 Å². The van der Waals surface area contributed by atoms with Gasteiger partial charge in [0.05, 0.1) is 6.61 Å². The Morgan fingerprint density at radius 1 is 1.22 bits per heavy atom. The Bertz CT molecular complexity index is 1060. The van der Waals surface area contributed by atoms with Gasteiger partial charge in [0, 0.05) is 36.4 Å². The predicted molar refractivity (Wildman–Crippen MR) is 127 cm³/mol. The normalized spacial score (nSPS) is 23.9. The van der Waals surface area contributed by atoms with Gasteiger partial charge in [0.2, 0.25) is 0 Å². The number of likely N-dealkylation sites (N-methyl/N-ethyl adjacent to an activating group) is 1. The minimum atomic E-state index is -0.271. The van der Waals surface area contributed by atoms with Crippen LogP contribution in [0.4, 0.5) is 0 Å². The van der Waals surface area contributed by atoms with Crippen LogP contribution in [-0.4, -0.2) is 64.7 Å². The molecule has 0 spiro atoms. The number of aliphatic hydroxyl groups is 1. The van der Waals surface area contributed by atoms with E-state index < -0.39 is 0 Å². The van der Waals surface area contributed by atoms with Crippen molar-refractivity contribution in [3.8, 4) is 5.69 Å². The number of fused-ring (bicyclic) bond motifs is 1. The topological polar surface area (TPSA) is 65.8 Å². The number of benzene rings is 1. The van der Waals surface area contributed by atoms with Crippen molar-refractivity contribution >= 4 is 5.91 Å². The van der Waals surface area contributed by atoms with Crippen molar-refractivity contribution in [1.29, 1.82) is 0 Å². The molecule has 6 heteroatoms. The first-order chi connectivity index (χ1) is 15.3. The van der Waals surface area contributed by atoms with E-state index in [0.717, 1.165) is 37.1 Å². The second-order valence-electron chi connectivity index (χ2n) is 9.92. The van der Waals surface area contributed by atoms with Gasteiger partial charge in [-0.15, -0.1) is 0 Å². The number of nitrogens with zero attached hydrogens (tertiary/aromatic N) is 3. The maximum absolute atomic E-state index is 13.6. The fraction of sp³-hybridized carbons (Fsp3) is 0.538. The summed E-state index contributed by atoms with van der Waals surface area (Å²) in [4.78, 5) is 31.2. The second kappa shape index (κ2) is 8.83. The molecule has 3 heterocycles. The molecule has 2 aromatic rings. The Balaban J connectivity index is 1.67. The maximum atomic E-state index is 13.6. The van der Waals surface area contributed by atoms with Gasteiger partial charge in [0.15, 0.2) is 0 Å². The van der Waals surface area contributed by atoms with Gasteiger partial charge in [-0.25, -0.2) is 0 Å². The van der Waals surface area contributed by atoms with Crippen molar-refractivity contribution in [3.05, 3.63) is 63.6 Å². The van der Waals surface area contributed by atoms with Gasteiger partial charge >= 0.3 is 0 Å². The molecule has 0 saturated carbocycles. The number of rotatable bonds is 4. The number of aliphatic hydroxyl groups excluding tert-OH is 1. The van der Waals surface area contributed by atoms with Gasteiger partial charge in [-0.3, -0.25) is 14.2 Å². The molecule has 1 amide bonds. The zero-order valence-electron chi connectivity index (χ0n) is 19.7. The minimum absolute atomic E-state index is 0.118. The molecule has 1 aromatic carbocycles. The lowest BCUT2D eigenvalue weighted by Gasteiger charge is -2.53. The number of carbonyl (C=O) groups excluding carboxylic acids is 1. The zero-order chi connectivity index (χ0) is 23.0. The molecule has 0 radical (unpaired) electrons. The number of aryl methyl sites for hydroxylation is 1. The van der Waals surface area contributed by atoms with E-state index in [-0.39, 0.29) is 35.1 Å². The first-order valence-corrected chi connectivity index (χ1v) is 11.7. The van der Waals surface area contributed by atoms with Gasteiger partial charge in [0.1, 0.15) is 5.56 Å². The van der Waals surface area contributed by atoms with E-state index in [2.05, 4.69) is 31.9 Å². The summed E-state index contributed by atoms with van der Waals surface area (Å²) < 4.78 is 1.58. The summed E-state index contributed by atoms with van der Waals surface area (Å²) in [7, 11) is 2.07. The van der Waals surface area contributed by atoms with Crippen LogP contribution >= 0.6 is 0 Å². The van der Waals surface area contributed by atoms with Crippen molar-refractivity contribution < 1.29 is 9.90 Å². The molecule has 2 aliphatic rings. The SMILES string of the molecule is Cc1ccn(-c2cccc(C(C)C)c2)c(=O)c1C(=O)N1CC[C@@]2(CO)CCCN(C)[C@@H]2C1. The van der Waals surface area contributed by atoms with Gasteiger partial charge in [-0.05, 0) is 75.0 Å². The van der Waals surface area contributed by atoms with Crippen molar-refractivity contribution in [3.63, 3.8) is 0 Å². The van der Waals surface area contributed by atoms with Crippen LogP contribution < -0.4 is 5.56 Å². The molecule has 0 aliphatic carbocycles.